The number of benzene rings is 2. The fourth-order valence-corrected chi connectivity index (χ4v) is 3.97. The van der Waals surface area contributed by atoms with Gasteiger partial charge in [-0.3, -0.25) is 9.69 Å². The largest absolute Gasteiger partial charge is 0.480 e. The molecule has 0 bridgehead atoms. The molecule has 1 atom stereocenters. The summed E-state index contributed by atoms with van der Waals surface area (Å²) in [6.45, 7) is 3.55. The van der Waals surface area contributed by atoms with E-state index in [0.717, 1.165) is 6.42 Å². The van der Waals surface area contributed by atoms with Crippen molar-refractivity contribution in [3.8, 4) is 0 Å². The van der Waals surface area contributed by atoms with Gasteiger partial charge in [0.05, 0.1) is 13.2 Å². The summed E-state index contributed by atoms with van der Waals surface area (Å²) in [5, 5.41) is 12.8. The molecule has 7 nitrogen and oxygen atoms in total. The van der Waals surface area contributed by atoms with Gasteiger partial charge in [-0.2, -0.15) is 0 Å². The Morgan fingerprint density at radius 2 is 1.66 bits per heavy atom. The number of carbonyl (C=O) groups is 2. The summed E-state index contributed by atoms with van der Waals surface area (Å²) in [5.41, 5.74) is 3.83. The molecule has 152 valence electrons. The topological polar surface area (TPSA) is 82.1 Å². The Labute approximate surface area is 169 Å². The predicted octanol–water partition coefficient (Wildman–Crippen LogP) is 2.73. The smallest absolute Gasteiger partial charge is 0.325 e. The van der Waals surface area contributed by atoms with E-state index in [1.54, 1.807) is 29.2 Å². The van der Waals surface area contributed by atoms with E-state index in [9.17, 15) is 14.7 Å². The maximum absolute atomic E-state index is 12.3. The number of rotatable bonds is 4. The van der Waals surface area contributed by atoms with Crippen LogP contribution in [0.5, 0.6) is 0 Å². The molecule has 2 heterocycles. The van der Waals surface area contributed by atoms with Gasteiger partial charge in [-0.25, -0.2) is 4.79 Å². The van der Waals surface area contributed by atoms with Crippen LogP contribution in [-0.4, -0.2) is 59.8 Å². The number of nitrogens with one attached hydrogen (secondary N) is 1. The van der Waals surface area contributed by atoms with Gasteiger partial charge in [0.1, 0.15) is 6.04 Å². The summed E-state index contributed by atoms with van der Waals surface area (Å²) in [5.74, 6) is -0.866. The van der Waals surface area contributed by atoms with Gasteiger partial charge in [-0.1, -0.05) is 36.4 Å². The highest BCUT2D eigenvalue weighted by Crippen LogP contribution is 2.29. The number of carboxylic acids is 1. The number of hydrogen-bond donors (Lipinski definition) is 2. The van der Waals surface area contributed by atoms with E-state index in [1.807, 2.05) is 17.0 Å². The molecule has 1 fully saturated rings. The van der Waals surface area contributed by atoms with Gasteiger partial charge in [0, 0.05) is 31.9 Å². The van der Waals surface area contributed by atoms with Crippen LogP contribution in [0, 0.1) is 0 Å². The van der Waals surface area contributed by atoms with Crippen molar-refractivity contribution >= 4 is 17.7 Å². The zero-order chi connectivity index (χ0) is 20.2. The van der Waals surface area contributed by atoms with Gasteiger partial charge in [0.2, 0.25) is 0 Å². The van der Waals surface area contributed by atoms with Crippen molar-refractivity contribution in [3.05, 3.63) is 65.2 Å². The van der Waals surface area contributed by atoms with Gasteiger partial charge in [0.15, 0.2) is 0 Å². The van der Waals surface area contributed by atoms with Crippen LogP contribution in [0.4, 0.5) is 10.5 Å². The summed E-state index contributed by atoms with van der Waals surface area (Å²) in [6, 6.07) is 14.4. The van der Waals surface area contributed by atoms with E-state index in [-0.39, 0.29) is 6.03 Å². The lowest BCUT2D eigenvalue weighted by Gasteiger charge is -2.33. The first-order chi connectivity index (χ1) is 14.1. The molecule has 2 aromatic rings. The SMILES string of the molecule is O=C(O)C(c1ccc(NC(=O)N2CCOCC2)cc1)N1CCc2ccccc2C1. The van der Waals surface area contributed by atoms with Crippen LogP contribution in [0.2, 0.25) is 0 Å². The minimum Gasteiger partial charge on any atom is -0.480 e. The highest BCUT2D eigenvalue weighted by Gasteiger charge is 2.30. The summed E-state index contributed by atoms with van der Waals surface area (Å²) in [4.78, 5) is 28.1. The number of anilines is 1. The Morgan fingerprint density at radius 3 is 2.34 bits per heavy atom. The van der Waals surface area contributed by atoms with Crippen LogP contribution >= 0.6 is 0 Å². The number of hydrogen-bond acceptors (Lipinski definition) is 4. The molecule has 2 aliphatic rings. The van der Waals surface area contributed by atoms with Crippen LogP contribution in [0.1, 0.15) is 22.7 Å². The molecule has 2 aliphatic heterocycles. The molecule has 0 radical (unpaired) electrons. The highest BCUT2D eigenvalue weighted by molar-refractivity contribution is 5.89. The molecule has 4 rings (SSSR count). The highest BCUT2D eigenvalue weighted by atomic mass is 16.5. The molecule has 1 saturated heterocycles. The van der Waals surface area contributed by atoms with Crippen LogP contribution in [0.25, 0.3) is 0 Å². The van der Waals surface area contributed by atoms with Crippen molar-refractivity contribution in [3.63, 3.8) is 0 Å². The van der Waals surface area contributed by atoms with Gasteiger partial charge >= 0.3 is 12.0 Å². The average Bonchev–Trinajstić information content (AvgIpc) is 2.75. The second kappa shape index (κ2) is 8.63. The number of urea groups is 1. The Kier molecular flexibility index (Phi) is 5.78. The first kappa shape index (κ1) is 19.4. The molecule has 0 saturated carbocycles. The monoisotopic (exact) mass is 395 g/mol. The van der Waals surface area contributed by atoms with Crippen molar-refractivity contribution in [1.82, 2.24) is 9.80 Å². The average molecular weight is 395 g/mol. The summed E-state index contributed by atoms with van der Waals surface area (Å²) in [7, 11) is 0. The number of morpholine rings is 1. The molecule has 0 spiro atoms. The number of amides is 2. The molecule has 2 amide bonds. The number of ether oxygens (including phenoxy) is 1. The third-order valence-electron chi connectivity index (χ3n) is 5.54. The van der Waals surface area contributed by atoms with Crippen molar-refractivity contribution in [1.29, 1.82) is 0 Å². The number of aliphatic carboxylic acids is 1. The molecule has 2 N–H and O–H groups in total. The maximum atomic E-state index is 12.3. The zero-order valence-electron chi connectivity index (χ0n) is 16.2. The first-order valence-corrected chi connectivity index (χ1v) is 9.89. The molecular weight excluding hydrogens is 370 g/mol. The van der Waals surface area contributed by atoms with Crippen molar-refractivity contribution in [2.24, 2.45) is 0 Å². The fourth-order valence-electron chi connectivity index (χ4n) is 3.97. The number of carbonyl (C=O) groups excluding carboxylic acids is 1. The Balaban J connectivity index is 1.46. The summed E-state index contributed by atoms with van der Waals surface area (Å²) in [6.07, 6.45) is 0.841. The minimum atomic E-state index is -0.866. The molecule has 0 aromatic heterocycles. The number of carboxylic acid groups (broad SMARTS) is 1. The second-order valence-electron chi connectivity index (χ2n) is 7.38. The van der Waals surface area contributed by atoms with E-state index >= 15 is 0 Å². The van der Waals surface area contributed by atoms with E-state index in [4.69, 9.17) is 4.74 Å². The molecule has 29 heavy (non-hydrogen) atoms. The first-order valence-electron chi connectivity index (χ1n) is 9.89. The third kappa shape index (κ3) is 4.41. The lowest BCUT2D eigenvalue weighted by molar-refractivity contribution is -0.144. The quantitative estimate of drug-likeness (QED) is 0.832. The Bertz CT molecular complexity index is 878. The molecule has 1 unspecified atom stereocenters. The summed E-state index contributed by atoms with van der Waals surface area (Å²) >= 11 is 0. The van der Waals surface area contributed by atoms with Crippen molar-refractivity contribution < 1.29 is 19.4 Å². The minimum absolute atomic E-state index is 0.163. The van der Waals surface area contributed by atoms with E-state index in [2.05, 4.69) is 17.4 Å². The number of nitrogens with zero attached hydrogens (tertiary/aromatic N) is 2. The fraction of sp³-hybridized carbons (Fsp3) is 0.364. The van der Waals surface area contributed by atoms with E-state index in [1.165, 1.54) is 11.1 Å². The number of fused-ring (bicyclic) bond motifs is 1. The lowest BCUT2D eigenvalue weighted by Crippen LogP contribution is -2.43. The molecule has 0 aliphatic carbocycles. The van der Waals surface area contributed by atoms with Gasteiger partial charge in [-0.05, 0) is 35.2 Å². The van der Waals surface area contributed by atoms with Crippen LogP contribution in [-0.2, 0) is 22.5 Å². The van der Waals surface area contributed by atoms with E-state index in [0.29, 0.717) is 50.6 Å². The van der Waals surface area contributed by atoms with Crippen LogP contribution in [0.3, 0.4) is 0 Å². The standard InChI is InChI=1S/C22H25N3O4/c26-21(27)20(25-10-9-16-3-1-2-4-18(16)15-25)17-5-7-19(8-6-17)23-22(28)24-11-13-29-14-12-24/h1-8,20H,9-15H2,(H,23,28)(H,26,27). The normalized spacial score (nSPS) is 18.0. The van der Waals surface area contributed by atoms with Crippen LogP contribution < -0.4 is 5.32 Å². The van der Waals surface area contributed by atoms with Gasteiger partial charge < -0.3 is 20.1 Å². The van der Waals surface area contributed by atoms with Crippen molar-refractivity contribution in [2.45, 2.75) is 19.0 Å². The Morgan fingerprint density at radius 1 is 0.966 bits per heavy atom. The molecular formula is C22H25N3O4. The predicted molar refractivity (Wildman–Crippen MR) is 109 cm³/mol. The van der Waals surface area contributed by atoms with Gasteiger partial charge in [0.25, 0.3) is 0 Å². The summed E-state index contributed by atoms with van der Waals surface area (Å²) < 4.78 is 5.26. The Hall–Kier alpha value is -2.90. The van der Waals surface area contributed by atoms with Gasteiger partial charge in [-0.15, -0.1) is 0 Å². The van der Waals surface area contributed by atoms with Crippen molar-refractivity contribution in [2.75, 3.05) is 38.2 Å². The zero-order valence-corrected chi connectivity index (χ0v) is 16.2. The third-order valence-corrected chi connectivity index (χ3v) is 5.54. The second-order valence-corrected chi connectivity index (χ2v) is 7.38. The maximum Gasteiger partial charge on any atom is 0.325 e. The lowest BCUT2D eigenvalue weighted by atomic mass is 9.96. The molecule has 2 aromatic carbocycles. The van der Waals surface area contributed by atoms with Crippen LogP contribution in [0.15, 0.2) is 48.5 Å². The van der Waals surface area contributed by atoms with E-state index < -0.39 is 12.0 Å². The molecule has 7 heteroatoms.